The van der Waals surface area contributed by atoms with Gasteiger partial charge >= 0.3 is 0 Å². The lowest BCUT2D eigenvalue weighted by Crippen LogP contribution is -2.31. The van der Waals surface area contributed by atoms with E-state index in [-0.39, 0.29) is 4.90 Å². The Balaban J connectivity index is 2.19. The molecule has 2 rings (SSSR count). The first-order chi connectivity index (χ1) is 8.65. The molecule has 98 valence electrons. The maximum Gasteiger partial charge on any atom is 0.242 e. The quantitative estimate of drug-likeness (QED) is 0.664. The molecule has 2 heterocycles. The van der Waals surface area contributed by atoms with Crippen molar-refractivity contribution >= 4 is 21.1 Å². The van der Waals surface area contributed by atoms with E-state index in [1.807, 2.05) is 6.92 Å². The predicted molar refractivity (Wildman–Crippen MR) is 69.8 cm³/mol. The second-order valence-corrected chi connectivity index (χ2v) is 5.54. The minimum atomic E-state index is -3.49. The smallest absolute Gasteiger partial charge is 0.242 e. The Morgan fingerprint density at radius 1 is 1.39 bits per heavy atom. The number of sulfonamides is 1. The SMILES string of the molecule is CCNCCNS(=O)(=O)c1c[nH]c2ncccc12. The molecule has 0 atom stereocenters. The van der Waals surface area contributed by atoms with E-state index in [2.05, 4.69) is 20.0 Å². The maximum absolute atomic E-state index is 12.1. The summed E-state index contributed by atoms with van der Waals surface area (Å²) in [5.74, 6) is 0. The molecule has 0 saturated carbocycles. The van der Waals surface area contributed by atoms with Crippen molar-refractivity contribution in [3.63, 3.8) is 0 Å². The molecule has 0 saturated heterocycles. The van der Waals surface area contributed by atoms with E-state index in [4.69, 9.17) is 0 Å². The van der Waals surface area contributed by atoms with Crippen molar-refractivity contribution in [2.75, 3.05) is 19.6 Å². The number of nitrogens with one attached hydrogen (secondary N) is 3. The Morgan fingerprint density at radius 2 is 2.22 bits per heavy atom. The third-order valence-electron chi connectivity index (χ3n) is 2.55. The van der Waals surface area contributed by atoms with Crippen LogP contribution in [0.4, 0.5) is 0 Å². The van der Waals surface area contributed by atoms with Gasteiger partial charge in [0.05, 0.1) is 0 Å². The van der Waals surface area contributed by atoms with E-state index in [1.54, 1.807) is 18.3 Å². The van der Waals surface area contributed by atoms with Crippen molar-refractivity contribution in [3.8, 4) is 0 Å². The predicted octanol–water partition coefficient (Wildman–Crippen LogP) is 0.451. The Bertz CT molecular complexity index is 621. The summed E-state index contributed by atoms with van der Waals surface area (Å²) in [6.07, 6.45) is 3.08. The number of hydrogen-bond acceptors (Lipinski definition) is 4. The average Bonchev–Trinajstić information content (AvgIpc) is 2.79. The second kappa shape index (κ2) is 5.47. The topological polar surface area (TPSA) is 86.9 Å². The van der Waals surface area contributed by atoms with E-state index in [0.29, 0.717) is 24.1 Å². The lowest BCUT2D eigenvalue weighted by molar-refractivity contribution is 0.578. The van der Waals surface area contributed by atoms with E-state index in [0.717, 1.165) is 6.54 Å². The van der Waals surface area contributed by atoms with Crippen molar-refractivity contribution in [2.24, 2.45) is 0 Å². The molecule has 0 fully saturated rings. The molecular weight excluding hydrogens is 252 g/mol. The Hall–Kier alpha value is -1.44. The zero-order valence-corrected chi connectivity index (χ0v) is 10.9. The standard InChI is InChI=1S/C11H16N4O2S/c1-2-12-6-7-15-18(16,17)10-8-14-11-9(10)4-3-5-13-11/h3-5,8,12,15H,2,6-7H2,1H3,(H,13,14). The summed E-state index contributed by atoms with van der Waals surface area (Å²) in [6.45, 7) is 3.76. The van der Waals surface area contributed by atoms with Gasteiger partial charge in [-0.3, -0.25) is 0 Å². The summed E-state index contributed by atoms with van der Waals surface area (Å²) in [5, 5.41) is 3.66. The van der Waals surface area contributed by atoms with Gasteiger partial charge in [0.1, 0.15) is 10.5 Å². The highest BCUT2D eigenvalue weighted by molar-refractivity contribution is 7.89. The molecule has 2 aromatic rings. The van der Waals surface area contributed by atoms with E-state index in [1.165, 1.54) is 6.20 Å². The van der Waals surface area contributed by atoms with Gasteiger partial charge in [0.25, 0.3) is 0 Å². The number of aromatic nitrogens is 2. The molecule has 0 amide bonds. The fourth-order valence-electron chi connectivity index (χ4n) is 1.68. The fourth-order valence-corrected chi connectivity index (χ4v) is 2.88. The first-order valence-electron chi connectivity index (χ1n) is 5.77. The first kappa shape index (κ1) is 13.0. The molecule has 0 unspecified atom stereocenters. The normalized spacial score (nSPS) is 12.1. The maximum atomic E-state index is 12.1. The summed E-state index contributed by atoms with van der Waals surface area (Å²) in [7, 11) is -3.49. The summed E-state index contributed by atoms with van der Waals surface area (Å²) >= 11 is 0. The van der Waals surface area contributed by atoms with Crippen LogP contribution in [0.2, 0.25) is 0 Å². The van der Waals surface area contributed by atoms with Gasteiger partial charge in [-0.2, -0.15) is 0 Å². The van der Waals surface area contributed by atoms with Crippen molar-refractivity contribution in [1.82, 2.24) is 20.0 Å². The highest BCUT2D eigenvalue weighted by atomic mass is 32.2. The highest BCUT2D eigenvalue weighted by Crippen LogP contribution is 2.20. The summed E-state index contributed by atoms with van der Waals surface area (Å²) in [5.41, 5.74) is 0.574. The number of fused-ring (bicyclic) bond motifs is 1. The van der Waals surface area contributed by atoms with Crippen molar-refractivity contribution in [3.05, 3.63) is 24.5 Å². The monoisotopic (exact) mass is 268 g/mol. The van der Waals surface area contributed by atoms with Gasteiger partial charge in [-0.1, -0.05) is 6.92 Å². The van der Waals surface area contributed by atoms with Gasteiger partial charge in [0.15, 0.2) is 0 Å². The van der Waals surface area contributed by atoms with Crippen molar-refractivity contribution in [2.45, 2.75) is 11.8 Å². The molecule has 0 aromatic carbocycles. The average molecular weight is 268 g/mol. The molecule has 0 bridgehead atoms. The Labute approximate surface area is 106 Å². The van der Waals surface area contributed by atoms with Crippen molar-refractivity contribution in [1.29, 1.82) is 0 Å². The molecule has 0 aliphatic heterocycles. The fraction of sp³-hybridized carbons (Fsp3) is 0.364. The first-order valence-corrected chi connectivity index (χ1v) is 7.26. The van der Waals surface area contributed by atoms with Crippen molar-refractivity contribution < 1.29 is 8.42 Å². The van der Waals surface area contributed by atoms with Crippen LogP contribution in [-0.4, -0.2) is 38.0 Å². The molecule has 3 N–H and O–H groups in total. The van der Waals surface area contributed by atoms with Crippen LogP contribution >= 0.6 is 0 Å². The van der Waals surface area contributed by atoms with Crippen LogP contribution < -0.4 is 10.0 Å². The van der Waals surface area contributed by atoms with Gasteiger partial charge in [0.2, 0.25) is 10.0 Å². The molecule has 0 radical (unpaired) electrons. The van der Waals surface area contributed by atoms with Gasteiger partial charge in [-0.15, -0.1) is 0 Å². The minimum Gasteiger partial charge on any atom is -0.345 e. The van der Waals surface area contributed by atoms with E-state index in [9.17, 15) is 8.42 Å². The van der Waals surface area contributed by atoms with Crippen LogP contribution in [0.5, 0.6) is 0 Å². The Kier molecular flexibility index (Phi) is 3.95. The highest BCUT2D eigenvalue weighted by Gasteiger charge is 2.18. The number of pyridine rings is 1. The van der Waals surface area contributed by atoms with Crippen LogP contribution in [-0.2, 0) is 10.0 Å². The number of aromatic amines is 1. The molecule has 0 spiro atoms. The third-order valence-corrected chi connectivity index (χ3v) is 4.05. The Morgan fingerprint density at radius 3 is 3.00 bits per heavy atom. The molecule has 18 heavy (non-hydrogen) atoms. The largest absolute Gasteiger partial charge is 0.345 e. The number of likely N-dealkylation sites (N-methyl/N-ethyl adjacent to an activating group) is 1. The molecule has 0 aliphatic carbocycles. The zero-order valence-electron chi connectivity index (χ0n) is 10.1. The lowest BCUT2D eigenvalue weighted by atomic mass is 10.3. The van der Waals surface area contributed by atoms with E-state index >= 15 is 0 Å². The molecule has 7 heteroatoms. The minimum absolute atomic E-state index is 0.238. The van der Waals surface area contributed by atoms with Crippen LogP contribution in [0.15, 0.2) is 29.4 Å². The number of hydrogen-bond donors (Lipinski definition) is 3. The molecule has 0 aliphatic rings. The lowest BCUT2D eigenvalue weighted by Gasteiger charge is -2.05. The summed E-state index contributed by atoms with van der Waals surface area (Å²) < 4.78 is 26.7. The second-order valence-electron chi connectivity index (χ2n) is 3.80. The van der Waals surface area contributed by atoms with Gasteiger partial charge in [-0.05, 0) is 18.7 Å². The summed E-state index contributed by atoms with van der Waals surface area (Å²) in [6, 6.07) is 3.45. The van der Waals surface area contributed by atoms with Gasteiger partial charge in [0, 0.05) is 30.9 Å². The van der Waals surface area contributed by atoms with Crippen LogP contribution in [0.25, 0.3) is 11.0 Å². The molecular formula is C11H16N4O2S. The van der Waals surface area contributed by atoms with Crippen LogP contribution in [0, 0.1) is 0 Å². The molecule has 6 nitrogen and oxygen atoms in total. The molecule has 2 aromatic heterocycles. The van der Waals surface area contributed by atoms with Gasteiger partial charge < -0.3 is 10.3 Å². The third kappa shape index (κ3) is 2.69. The number of nitrogens with zero attached hydrogens (tertiary/aromatic N) is 1. The van der Waals surface area contributed by atoms with Gasteiger partial charge in [-0.25, -0.2) is 18.1 Å². The van der Waals surface area contributed by atoms with Crippen LogP contribution in [0.1, 0.15) is 6.92 Å². The van der Waals surface area contributed by atoms with E-state index < -0.39 is 10.0 Å². The summed E-state index contributed by atoms with van der Waals surface area (Å²) in [4.78, 5) is 7.15. The zero-order chi connectivity index (χ0) is 13.0. The number of H-pyrrole nitrogens is 1. The number of rotatable bonds is 6. The van der Waals surface area contributed by atoms with Crippen LogP contribution in [0.3, 0.4) is 0 Å².